The van der Waals surface area contributed by atoms with E-state index in [-0.39, 0.29) is 29.4 Å². The van der Waals surface area contributed by atoms with Crippen LogP contribution in [0, 0.1) is 17.1 Å². The number of aromatic nitrogens is 2. The van der Waals surface area contributed by atoms with Gasteiger partial charge in [-0.1, -0.05) is 23.9 Å². The summed E-state index contributed by atoms with van der Waals surface area (Å²) in [4.78, 5) is 20.0. The molecule has 1 aromatic carbocycles. The summed E-state index contributed by atoms with van der Waals surface area (Å²) in [6.07, 6.45) is 0.244. The molecule has 0 amide bonds. The van der Waals surface area contributed by atoms with Gasteiger partial charge in [0.2, 0.25) is 5.76 Å². The van der Waals surface area contributed by atoms with Crippen molar-refractivity contribution in [3.05, 3.63) is 70.6 Å². The molecule has 0 bridgehead atoms. The van der Waals surface area contributed by atoms with Crippen molar-refractivity contribution in [1.29, 1.82) is 5.26 Å². The van der Waals surface area contributed by atoms with Crippen LogP contribution in [-0.2, 0) is 16.9 Å². The minimum Gasteiger partial charge on any atom is -0.463 e. The molecule has 0 aliphatic heterocycles. The van der Waals surface area contributed by atoms with Crippen LogP contribution in [-0.4, -0.2) is 23.0 Å². The van der Waals surface area contributed by atoms with Gasteiger partial charge in [-0.15, -0.1) is 0 Å². The first-order valence-corrected chi connectivity index (χ1v) is 9.09. The second-order valence-electron chi connectivity index (χ2n) is 5.68. The van der Waals surface area contributed by atoms with Gasteiger partial charge in [0.15, 0.2) is 5.16 Å². The molecular weight excluding hydrogens is 383 g/mol. The molecule has 0 unspecified atom stereocenters. The maximum Gasteiger partial charge on any atom is 0.373 e. The van der Waals surface area contributed by atoms with Gasteiger partial charge in [0, 0.05) is 6.42 Å². The van der Waals surface area contributed by atoms with E-state index in [1.54, 1.807) is 18.2 Å². The summed E-state index contributed by atoms with van der Waals surface area (Å²) >= 11 is 1.24. The number of benzene rings is 1. The third-order valence-electron chi connectivity index (χ3n) is 3.76. The van der Waals surface area contributed by atoms with Gasteiger partial charge < -0.3 is 14.9 Å². The van der Waals surface area contributed by atoms with Crippen LogP contribution in [0.15, 0.2) is 46.0 Å². The largest absolute Gasteiger partial charge is 0.463 e. The highest BCUT2D eigenvalue weighted by Crippen LogP contribution is 2.25. The van der Waals surface area contributed by atoms with E-state index in [1.807, 2.05) is 6.07 Å². The van der Waals surface area contributed by atoms with E-state index in [1.165, 1.54) is 37.1 Å². The van der Waals surface area contributed by atoms with Crippen LogP contribution < -0.4 is 5.73 Å². The Labute approximate surface area is 164 Å². The second-order valence-corrected chi connectivity index (χ2v) is 6.62. The van der Waals surface area contributed by atoms with Crippen molar-refractivity contribution >= 4 is 23.5 Å². The molecule has 0 aliphatic rings. The van der Waals surface area contributed by atoms with Gasteiger partial charge in [-0.25, -0.2) is 19.2 Å². The maximum absolute atomic E-state index is 13.4. The summed E-state index contributed by atoms with van der Waals surface area (Å²) in [6.45, 7) is 0. The molecule has 0 saturated heterocycles. The number of nitriles is 1. The number of nitrogens with zero attached hydrogens (tertiary/aromatic N) is 3. The predicted octanol–water partition coefficient (Wildman–Crippen LogP) is 3.33. The Kier molecular flexibility index (Phi) is 5.91. The standard InChI is InChI=1S/C19H15FN4O3S/c1-26-18(25)16-6-5-13(27-16)10-28-19-23-15(14(9-21)17(22)24-19)8-11-3-2-4-12(20)7-11/h2-7H,8,10H2,1H3,(H2,22,23,24). The summed E-state index contributed by atoms with van der Waals surface area (Å²) < 4.78 is 23.4. The fraction of sp³-hybridized carbons (Fsp3) is 0.158. The van der Waals surface area contributed by atoms with E-state index in [0.717, 1.165) is 0 Å². The molecule has 28 heavy (non-hydrogen) atoms. The molecule has 2 N–H and O–H groups in total. The lowest BCUT2D eigenvalue weighted by molar-refractivity contribution is 0.0563. The molecule has 0 saturated carbocycles. The quantitative estimate of drug-likeness (QED) is 0.382. The van der Waals surface area contributed by atoms with Crippen LogP contribution in [0.1, 0.15) is 33.1 Å². The molecule has 3 aromatic rings. The lowest BCUT2D eigenvalue weighted by Gasteiger charge is -2.08. The Morgan fingerprint density at radius 2 is 2.18 bits per heavy atom. The molecule has 0 spiro atoms. The molecule has 2 heterocycles. The molecule has 0 radical (unpaired) electrons. The highest BCUT2D eigenvalue weighted by molar-refractivity contribution is 7.98. The van der Waals surface area contributed by atoms with Crippen LogP contribution in [0.4, 0.5) is 10.2 Å². The first-order valence-electron chi connectivity index (χ1n) is 8.11. The Morgan fingerprint density at radius 3 is 2.89 bits per heavy atom. The highest BCUT2D eigenvalue weighted by atomic mass is 32.2. The summed E-state index contributed by atoms with van der Waals surface area (Å²) in [7, 11) is 1.27. The van der Waals surface area contributed by atoms with E-state index in [2.05, 4.69) is 14.7 Å². The average molecular weight is 398 g/mol. The van der Waals surface area contributed by atoms with E-state index < -0.39 is 5.97 Å². The SMILES string of the molecule is COC(=O)c1ccc(CSc2nc(N)c(C#N)c(Cc3cccc(F)c3)n2)o1. The number of esters is 1. The van der Waals surface area contributed by atoms with E-state index in [0.29, 0.717) is 27.9 Å². The minimum atomic E-state index is -0.563. The average Bonchev–Trinajstić information content (AvgIpc) is 3.15. The van der Waals surface area contributed by atoms with Crippen molar-refractivity contribution in [2.45, 2.75) is 17.3 Å². The zero-order chi connectivity index (χ0) is 20.1. The summed E-state index contributed by atoms with van der Waals surface area (Å²) in [6, 6.07) is 11.2. The van der Waals surface area contributed by atoms with Gasteiger partial charge in [0.25, 0.3) is 0 Å². The minimum absolute atomic E-state index is 0.0566. The number of hydrogen-bond donors (Lipinski definition) is 1. The van der Waals surface area contributed by atoms with Gasteiger partial charge in [-0.2, -0.15) is 5.26 Å². The van der Waals surface area contributed by atoms with Crippen LogP contribution >= 0.6 is 11.8 Å². The third-order valence-corrected chi connectivity index (χ3v) is 4.63. The fourth-order valence-electron chi connectivity index (χ4n) is 2.46. The molecule has 3 rings (SSSR count). The van der Waals surface area contributed by atoms with Crippen molar-refractivity contribution in [2.75, 3.05) is 12.8 Å². The lowest BCUT2D eigenvalue weighted by Crippen LogP contribution is -2.06. The van der Waals surface area contributed by atoms with Crippen molar-refractivity contribution in [1.82, 2.24) is 9.97 Å². The van der Waals surface area contributed by atoms with Crippen LogP contribution in [0.25, 0.3) is 0 Å². The Hall–Kier alpha value is -3.38. The topological polar surface area (TPSA) is 115 Å². The molecular formula is C19H15FN4O3S. The molecule has 2 aromatic heterocycles. The predicted molar refractivity (Wildman–Crippen MR) is 100.0 cm³/mol. The fourth-order valence-corrected chi connectivity index (χ4v) is 3.22. The molecule has 7 nitrogen and oxygen atoms in total. The first-order chi connectivity index (χ1) is 13.5. The normalized spacial score (nSPS) is 10.5. The van der Waals surface area contributed by atoms with Gasteiger partial charge >= 0.3 is 5.97 Å². The number of rotatable bonds is 6. The smallest absolute Gasteiger partial charge is 0.373 e. The van der Waals surface area contributed by atoms with Crippen LogP contribution in [0.5, 0.6) is 0 Å². The van der Waals surface area contributed by atoms with E-state index >= 15 is 0 Å². The number of ether oxygens (including phenoxy) is 1. The molecule has 0 atom stereocenters. The summed E-state index contributed by atoms with van der Waals surface area (Å²) in [5, 5.41) is 9.71. The molecule has 0 aliphatic carbocycles. The number of thioether (sulfide) groups is 1. The van der Waals surface area contributed by atoms with Crippen LogP contribution in [0.2, 0.25) is 0 Å². The van der Waals surface area contributed by atoms with E-state index in [9.17, 15) is 14.4 Å². The number of methoxy groups -OCH3 is 1. The summed E-state index contributed by atoms with van der Waals surface area (Å²) in [5.74, 6) is 0.107. The van der Waals surface area contributed by atoms with Gasteiger partial charge in [-0.05, 0) is 29.8 Å². The number of nitrogen functional groups attached to an aromatic ring is 1. The van der Waals surface area contributed by atoms with Gasteiger partial charge in [-0.3, -0.25) is 0 Å². The first kappa shape index (κ1) is 19.4. The Bertz CT molecular complexity index is 1060. The number of furan rings is 1. The monoisotopic (exact) mass is 398 g/mol. The number of carbonyl (C=O) groups is 1. The Morgan fingerprint density at radius 1 is 1.36 bits per heavy atom. The van der Waals surface area contributed by atoms with Crippen molar-refractivity contribution < 1.29 is 18.3 Å². The number of carbonyl (C=O) groups excluding carboxylic acids is 1. The molecule has 0 fully saturated rings. The molecule has 9 heteroatoms. The maximum atomic E-state index is 13.4. The second kappa shape index (κ2) is 8.54. The van der Waals surface area contributed by atoms with Crippen LogP contribution in [0.3, 0.4) is 0 Å². The number of anilines is 1. The van der Waals surface area contributed by atoms with Gasteiger partial charge in [0.05, 0.1) is 18.6 Å². The lowest BCUT2D eigenvalue weighted by atomic mass is 10.1. The molecule has 142 valence electrons. The van der Waals surface area contributed by atoms with Crippen molar-refractivity contribution in [3.63, 3.8) is 0 Å². The van der Waals surface area contributed by atoms with Crippen molar-refractivity contribution in [3.8, 4) is 6.07 Å². The van der Waals surface area contributed by atoms with Gasteiger partial charge in [0.1, 0.15) is 29.0 Å². The number of hydrogen-bond acceptors (Lipinski definition) is 8. The zero-order valence-electron chi connectivity index (χ0n) is 14.8. The van der Waals surface area contributed by atoms with Crippen molar-refractivity contribution in [2.24, 2.45) is 0 Å². The van der Waals surface area contributed by atoms with E-state index in [4.69, 9.17) is 10.2 Å². The number of nitrogens with two attached hydrogens (primary N) is 1. The number of halogens is 1. The zero-order valence-corrected chi connectivity index (χ0v) is 15.6. The Balaban J connectivity index is 1.80. The third kappa shape index (κ3) is 4.47. The summed E-state index contributed by atoms with van der Waals surface area (Å²) in [5.41, 5.74) is 7.15. The highest BCUT2D eigenvalue weighted by Gasteiger charge is 2.15.